The third-order valence-electron chi connectivity index (χ3n) is 4.95. The molecule has 1 fully saturated rings. The third kappa shape index (κ3) is 3.57. The number of likely N-dealkylation sites (tertiary alicyclic amines) is 1. The molecule has 1 N–H and O–H groups in total. The SMILES string of the molecule is COC(=O)CCCN1CCC(O)(c2cccc3cnccc23)CC1. The number of carbonyl (C=O) groups is 1. The highest BCUT2D eigenvalue weighted by atomic mass is 16.5. The molecule has 0 unspecified atom stereocenters. The van der Waals surface area contributed by atoms with E-state index in [0.717, 1.165) is 42.4 Å². The number of rotatable bonds is 5. The standard InChI is InChI=1S/C19H24N2O3/c1-24-18(22)6-3-11-21-12-8-19(23,9-13-21)17-5-2-4-15-14-20-10-7-16(15)17/h2,4-5,7,10,14,23H,3,6,8-9,11-13H2,1H3. The largest absolute Gasteiger partial charge is 0.469 e. The lowest BCUT2D eigenvalue weighted by Crippen LogP contribution is -2.43. The van der Waals surface area contributed by atoms with Gasteiger partial charge in [0.1, 0.15) is 0 Å². The van der Waals surface area contributed by atoms with E-state index >= 15 is 0 Å². The molecule has 0 spiro atoms. The molecule has 1 aliphatic heterocycles. The Morgan fingerprint density at radius 3 is 2.88 bits per heavy atom. The number of benzene rings is 1. The van der Waals surface area contributed by atoms with Crippen LogP contribution in [0.4, 0.5) is 0 Å². The molecule has 1 aromatic heterocycles. The van der Waals surface area contributed by atoms with Crippen LogP contribution in [-0.2, 0) is 15.1 Å². The second-order valence-electron chi connectivity index (χ2n) is 6.46. The summed E-state index contributed by atoms with van der Waals surface area (Å²) < 4.78 is 4.67. The summed E-state index contributed by atoms with van der Waals surface area (Å²) in [6.45, 7) is 2.53. The van der Waals surface area contributed by atoms with Crippen molar-refractivity contribution in [2.75, 3.05) is 26.7 Å². The van der Waals surface area contributed by atoms with Crippen molar-refractivity contribution < 1.29 is 14.6 Å². The van der Waals surface area contributed by atoms with Gasteiger partial charge in [-0.1, -0.05) is 18.2 Å². The Bertz CT molecular complexity index is 703. The van der Waals surface area contributed by atoms with E-state index in [1.165, 1.54) is 7.11 Å². The Balaban J connectivity index is 1.65. The number of hydrogen-bond donors (Lipinski definition) is 1. The normalized spacial score (nSPS) is 17.8. The number of nitrogens with zero attached hydrogens (tertiary/aromatic N) is 2. The van der Waals surface area contributed by atoms with Crippen LogP contribution < -0.4 is 0 Å². The molecule has 0 atom stereocenters. The molecule has 1 aliphatic rings. The molecular weight excluding hydrogens is 304 g/mol. The number of fused-ring (bicyclic) bond motifs is 1. The zero-order valence-corrected chi connectivity index (χ0v) is 14.1. The van der Waals surface area contributed by atoms with Crippen molar-refractivity contribution in [3.8, 4) is 0 Å². The van der Waals surface area contributed by atoms with E-state index < -0.39 is 5.60 Å². The van der Waals surface area contributed by atoms with Gasteiger partial charge in [0.25, 0.3) is 0 Å². The molecule has 5 heteroatoms. The fourth-order valence-corrected chi connectivity index (χ4v) is 3.49. The van der Waals surface area contributed by atoms with Crippen molar-refractivity contribution in [2.24, 2.45) is 0 Å². The van der Waals surface area contributed by atoms with Gasteiger partial charge in [-0.05, 0) is 42.8 Å². The first-order valence-electron chi connectivity index (χ1n) is 8.47. The third-order valence-corrected chi connectivity index (χ3v) is 4.95. The zero-order chi connectivity index (χ0) is 17.0. The molecule has 0 saturated carbocycles. The highest BCUT2D eigenvalue weighted by molar-refractivity contribution is 5.85. The summed E-state index contributed by atoms with van der Waals surface area (Å²) in [5.41, 5.74) is 0.205. The predicted octanol–water partition coefficient (Wildman–Crippen LogP) is 2.47. The molecule has 2 aromatic rings. The number of carbonyl (C=O) groups excluding carboxylic acids is 1. The predicted molar refractivity (Wildman–Crippen MR) is 92.6 cm³/mol. The smallest absolute Gasteiger partial charge is 0.305 e. The summed E-state index contributed by atoms with van der Waals surface area (Å²) in [4.78, 5) is 17.7. The number of pyridine rings is 1. The Morgan fingerprint density at radius 2 is 2.12 bits per heavy atom. The Labute approximate surface area is 142 Å². The Morgan fingerprint density at radius 1 is 1.33 bits per heavy atom. The fraction of sp³-hybridized carbons (Fsp3) is 0.474. The number of methoxy groups -OCH3 is 1. The number of aliphatic hydroxyl groups is 1. The van der Waals surface area contributed by atoms with Crippen LogP contribution in [0.25, 0.3) is 10.8 Å². The zero-order valence-electron chi connectivity index (χ0n) is 14.1. The second-order valence-corrected chi connectivity index (χ2v) is 6.46. The highest BCUT2D eigenvalue weighted by Gasteiger charge is 2.34. The molecule has 0 aliphatic carbocycles. The monoisotopic (exact) mass is 328 g/mol. The molecule has 3 rings (SSSR count). The molecule has 1 saturated heterocycles. The Hall–Kier alpha value is -1.98. The van der Waals surface area contributed by atoms with Gasteiger partial charge in [-0.25, -0.2) is 0 Å². The topological polar surface area (TPSA) is 62.7 Å². The second kappa shape index (κ2) is 7.28. The summed E-state index contributed by atoms with van der Waals surface area (Å²) in [6, 6.07) is 8.01. The van der Waals surface area contributed by atoms with Crippen molar-refractivity contribution in [3.63, 3.8) is 0 Å². The van der Waals surface area contributed by atoms with Crippen LogP contribution in [-0.4, -0.2) is 47.7 Å². The summed E-state index contributed by atoms with van der Waals surface area (Å²) in [5, 5.41) is 13.3. The van der Waals surface area contributed by atoms with Gasteiger partial charge in [-0.15, -0.1) is 0 Å². The number of ether oxygens (including phenoxy) is 1. The van der Waals surface area contributed by atoms with Gasteiger partial charge < -0.3 is 14.7 Å². The van der Waals surface area contributed by atoms with Crippen LogP contribution in [0.3, 0.4) is 0 Å². The highest BCUT2D eigenvalue weighted by Crippen LogP contribution is 2.36. The van der Waals surface area contributed by atoms with Gasteiger partial charge in [-0.3, -0.25) is 9.78 Å². The van der Waals surface area contributed by atoms with E-state index in [-0.39, 0.29) is 5.97 Å². The van der Waals surface area contributed by atoms with E-state index in [1.807, 2.05) is 30.5 Å². The van der Waals surface area contributed by atoms with E-state index in [9.17, 15) is 9.90 Å². The van der Waals surface area contributed by atoms with E-state index in [1.54, 1.807) is 6.20 Å². The lowest BCUT2D eigenvalue weighted by atomic mass is 9.82. The maximum Gasteiger partial charge on any atom is 0.305 e. The van der Waals surface area contributed by atoms with Crippen LogP contribution in [0.1, 0.15) is 31.2 Å². The molecular formula is C19H24N2O3. The maximum absolute atomic E-state index is 11.2. The minimum atomic E-state index is -0.792. The van der Waals surface area contributed by atoms with Crippen molar-refractivity contribution in [3.05, 3.63) is 42.2 Å². The molecule has 5 nitrogen and oxygen atoms in total. The first kappa shape index (κ1) is 16.9. The average Bonchev–Trinajstić information content (AvgIpc) is 2.63. The summed E-state index contributed by atoms with van der Waals surface area (Å²) >= 11 is 0. The molecule has 0 bridgehead atoms. The average molecular weight is 328 g/mol. The molecule has 2 heterocycles. The minimum absolute atomic E-state index is 0.159. The van der Waals surface area contributed by atoms with Crippen molar-refractivity contribution in [2.45, 2.75) is 31.3 Å². The first-order valence-corrected chi connectivity index (χ1v) is 8.47. The lowest BCUT2D eigenvalue weighted by Gasteiger charge is -2.39. The van der Waals surface area contributed by atoms with Gasteiger partial charge in [0, 0.05) is 37.3 Å². The van der Waals surface area contributed by atoms with E-state index in [0.29, 0.717) is 19.3 Å². The van der Waals surface area contributed by atoms with Gasteiger partial charge >= 0.3 is 5.97 Å². The van der Waals surface area contributed by atoms with E-state index in [2.05, 4.69) is 14.6 Å². The van der Waals surface area contributed by atoms with Crippen molar-refractivity contribution in [1.29, 1.82) is 0 Å². The van der Waals surface area contributed by atoms with Crippen LogP contribution in [0, 0.1) is 0 Å². The quantitative estimate of drug-likeness (QED) is 0.854. The molecule has 128 valence electrons. The molecule has 24 heavy (non-hydrogen) atoms. The number of aromatic nitrogens is 1. The lowest BCUT2D eigenvalue weighted by molar-refractivity contribution is -0.140. The Kier molecular flexibility index (Phi) is 5.11. The van der Waals surface area contributed by atoms with Crippen LogP contribution in [0.15, 0.2) is 36.7 Å². The van der Waals surface area contributed by atoms with Crippen molar-refractivity contribution in [1.82, 2.24) is 9.88 Å². The fourth-order valence-electron chi connectivity index (χ4n) is 3.49. The molecule has 1 aromatic carbocycles. The molecule has 0 amide bonds. The van der Waals surface area contributed by atoms with Gasteiger partial charge in [0.15, 0.2) is 0 Å². The van der Waals surface area contributed by atoms with Gasteiger partial charge in [0.05, 0.1) is 12.7 Å². The summed E-state index contributed by atoms with van der Waals surface area (Å²) in [7, 11) is 1.42. The van der Waals surface area contributed by atoms with E-state index in [4.69, 9.17) is 0 Å². The van der Waals surface area contributed by atoms with Gasteiger partial charge in [0.2, 0.25) is 0 Å². The summed E-state index contributed by atoms with van der Waals surface area (Å²) in [5.74, 6) is -0.159. The molecule has 0 radical (unpaired) electrons. The maximum atomic E-state index is 11.2. The first-order chi connectivity index (χ1) is 11.6. The van der Waals surface area contributed by atoms with Crippen LogP contribution >= 0.6 is 0 Å². The summed E-state index contributed by atoms with van der Waals surface area (Å²) in [6.07, 6.45) is 6.26. The van der Waals surface area contributed by atoms with Crippen LogP contribution in [0.5, 0.6) is 0 Å². The number of hydrogen-bond acceptors (Lipinski definition) is 5. The minimum Gasteiger partial charge on any atom is -0.469 e. The van der Waals surface area contributed by atoms with Gasteiger partial charge in [-0.2, -0.15) is 0 Å². The number of piperidine rings is 1. The number of esters is 1. The van der Waals surface area contributed by atoms with Crippen LogP contribution in [0.2, 0.25) is 0 Å². The van der Waals surface area contributed by atoms with Crippen molar-refractivity contribution >= 4 is 16.7 Å².